The van der Waals surface area contributed by atoms with Gasteiger partial charge in [-0.15, -0.1) is 0 Å². The van der Waals surface area contributed by atoms with Gasteiger partial charge in [-0.05, 0) is 18.2 Å². The molecule has 1 aliphatic rings. The molecular formula is C19H16ClN5O6S. The van der Waals surface area contributed by atoms with Crippen molar-refractivity contribution in [2.75, 3.05) is 24.5 Å². The second-order valence-corrected chi connectivity index (χ2v) is 9.41. The van der Waals surface area contributed by atoms with Gasteiger partial charge in [-0.3, -0.25) is 25.2 Å². The number of hydrogen-bond donors (Lipinski definition) is 0. The zero-order valence-electron chi connectivity index (χ0n) is 16.4. The van der Waals surface area contributed by atoms with E-state index in [1.54, 1.807) is 12.3 Å². The number of hydrogen-bond acceptors (Lipinski definition) is 8. The third-order valence-corrected chi connectivity index (χ3v) is 7.47. The Morgan fingerprint density at radius 3 is 2.47 bits per heavy atom. The van der Waals surface area contributed by atoms with Gasteiger partial charge in [0.2, 0.25) is 10.0 Å². The maximum absolute atomic E-state index is 13.2. The van der Waals surface area contributed by atoms with Crippen molar-refractivity contribution in [1.29, 1.82) is 0 Å². The van der Waals surface area contributed by atoms with Crippen LogP contribution in [0.4, 0.5) is 17.1 Å². The summed E-state index contributed by atoms with van der Waals surface area (Å²) < 4.78 is 27.4. The van der Waals surface area contributed by atoms with Crippen molar-refractivity contribution < 1.29 is 18.3 Å². The average Bonchev–Trinajstić information content (AvgIpc) is 2.78. The van der Waals surface area contributed by atoms with Crippen molar-refractivity contribution in [1.82, 2.24) is 9.29 Å². The summed E-state index contributed by atoms with van der Waals surface area (Å²) in [6, 6.07) is 11.7. The summed E-state index contributed by atoms with van der Waals surface area (Å²) in [4.78, 5) is 26.1. The number of benzene rings is 2. The zero-order chi connectivity index (χ0) is 23.0. The predicted octanol–water partition coefficient (Wildman–Crippen LogP) is 3.13. The molecule has 0 amide bonds. The van der Waals surface area contributed by atoms with Crippen molar-refractivity contribution in [3.8, 4) is 0 Å². The number of pyridine rings is 1. The number of sulfonamides is 1. The number of nitrogens with zero attached hydrogens (tertiary/aromatic N) is 5. The topological polar surface area (TPSA) is 140 Å². The molecule has 166 valence electrons. The third kappa shape index (κ3) is 3.83. The second kappa shape index (κ2) is 8.30. The van der Waals surface area contributed by atoms with Crippen LogP contribution in [0.25, 0.3) is 10.9 Å². The maximum Gasteiger partial charge on any atom is 0.296 e. The van der Waals surface area contributed by atoms with Crippen molar-refractivity contribution >= 4 is 49.6 Å². The molecule has 1 atom stereocenters. The van der Waals surface area contributed by atoms with Crippen LogP contribution in [-0.2, 0) is 10.0 Å². The van der Waals surface area contributed by atoms with E-state index in [0.29, 0.717) is 6.07 Å². The zero-order valence-corrected chi connectivity index (χ0v) is 17.9. The van der Waals surface area contributed by atoms with Crippen molar-refractivity contribution in [2.24, 2.45) is 0 Å². The quantitative estimate of drug-likeness (QED) is 0.236. The molecule has 1 aromatic heterocycles. The molecule has 2 aromatic carbocycles. The molecule has 1 unspecified atom stereocenters. The van der Waals surface area contributed by atoms with Gasteiger partial charge in [0.25, 0.3) is 11.4 Å². The lowest BCUT2D eigenvalue weighted by Gasteiger charge is -2.39. The Hall–Kier alpha value is -3.35. The highest BCUT2D eigenvalue weighted by molar-refractivity contribution is 7.89. The molecule has 0 radical (unpaired) electrons. The van der Waals surface area contributed by atoms with Crippen molar-refractivity contribution in [3.05, 3.63) is 75.0 Å². The Bertz CT molecular complexity index is 1330. The summed E-state index contributed by atoms with van der Waals surface area (Å²) in [6.07, 6.45) is 1.64. The van der Waals surface area contributed by atoms with E-state index in [1.807, 2.05) is 29.2 Å². The van der Waals surface area contributed by atoms with E-state index in [0.717, 1.165) is 33.0 Å². The predicted molar refractivity (Wildman–Crippen MR) is 117 cm³/mol. The standard InChI is InChI=1S/C19H16ClN5O6S/c20-19-12-22(9-10-23(19)16-7-8-21-15-4-2-1-3-14(15)16)32(30,31)18-6-5-13(24(26)27)11-17(18)25(28)29/h1-8,11,19H,9-10,12H2. The third-order valence-electron chi connectivity index (χ3n) is 5.19. The first-order valence-electron chi connectivity index (χ1n) is 9.37. The first-order chi connectivity index (χ1) is 15.2. The van der Waals surface area contributed by atoms with Crippen LogP contribution in [-0.4, -0.2) is 52.7 Å². The molecule has 1 saturated heterocycles. The number of nitro benzene ring substituents is 2. The molecule has 32 heavy (non-hydrogen) atoms. The first-order valence-corrected chi connectivity index (χ1v) is 11.3. The monoisotopic (exact) mass is 477 g/mol. The Morgan fingerprint density at radius 2 is 1.78 bits per heavy atom. The van der Waals surface area contributed by atoms with E-state index in [-0.39, 0.29) is 19.6 Å². The van der Waals surface area contributed by atoms with Gasteiger partial charge in [-0.1, -0.05) is 29.8 Å². The minimum atomic E-state index is -4.32. The molecule has 1 aliphatic heterocycles. The highest BCUT2D eigenvalue weighted by atomic mass is 35.5. The Kier molecular flexibility index (Phi) is 5.67. The van der Waals surface area contributed by atoms with Crippen LogP contribution in [0.1, 0.15) is 0 Å². The normalized spacial score (nSPS) is 17.4. The van der Waals surface area contributed by atoms with E-state index in [2.05, 4.69) is 4.98 Å². The number of piperazine rings is 1. The lowest BCUT2D eigenvalue weighted by Crippen LogP contribution is -2.52. The van der Waals surface area contributed by atoms with Gasteiger partial charge in [-0.25, -0.2) is 8.42 Å². The summed E-state index contributed by atoms with van der Waals surface area (Å²) in [5.41, 5.74) is -0.603. The molecule has 0 bridgehead atoms. The van der Waals surface area contributed by atoms with Crippen LogP contribution < -0.4 is 4.90 Å². The smallest absolute Gasteiger partial charge is 0.296 e. The van der Waals surface area contributed by atoms with Gasteiger partial charge >= 0.3 is 0 Å². The van der Waals surface area contributed by atoms with E-state index in [4.69, 9.17) is 11.6 Å². The summed E-state index contributed by atoms with van der Waals surface area (Å²) >= 11 is 6.55. The van der Waals surface area contributed by atoms with E-state index < -0.39 is 41.6 Å². The van der Waals surface area contributed by atoms with Crippen LogP contribution in [0, 0.1) is 20.2 Å². The number of non-ortho nitro benzene ring substituents is 1. The molecule has 0 N–H and O–H groups in total. The molecular weight excluding hydrogens is 462 g/mol. The summed E-state index contributed by atoms with van der Waals surface area (Å²) in [5, 5.41) is 23.2. The maximum atomic E-state index is 13.2. The highest BCUT2D eigenvalue weighted by Gasteiger charge is 2.38. The largest absolute Gasteiger partial charge is 0.352 e. The minimum absolute atomic E-state index is 0.0242. The second-order valence-electron chi connectivity index (χ2n) is 7.00. The highest BCUT2D eigenvalue weighted by Crippen LogP contribution is 2.34. The van der Waals surface area contributed by atoms with Gasteiger partial charge < -0.3 is 4.90 Å². The van der Waals surface area contributed by atoms with Crippen LogP contribution in [0.2, 0.25) is 0 Å². The Labute approximate surface area is 187 Å². The van der Waals surface area contributed by atoms with Crippen LogP contribution >= 0.6 is 11.6 Å². The van der Waals surface area contributed by atoms with Crippen molar-refractivity contribution in [3.63, 3.8) is 0 Å². The molecule has 13 heteroatoms. The molecule has 4 rings (SSSR count). The first kappa shape index (κ1) is 21.9. The molecule has 2 heterocycles. The SMILES string of the molecule is O=[N+]([O-])c1ccc(S(=O)(=O)N2CCN(c3ccnc4ccccc34)C(Cl)C2)c([N+](=O)[O-])c1. The molecule has 0 spiro atoms. The number of anilines is 1. The van der Waals surface area contributed by atoms with E-state index >= 15 is 0 Å². The lowest BCUT2D eigenvalue weighted by atomic mass is 10.1. The van der Waals surface area contributed by atoms with Crippen LogP contribution in [0.5, 0.6) is 0 Å². The van der Waals surface area contributed by atoms with Gasteiger partial charge in [0.1, 0.15) is 5.50 Å². The Morgan fingerprint density at radius 1 is 1.03 bits per heavy atom. The van der Waals surface area contributed by atoms with Crippen LogP contribution in [0.3, 0.4) is 0 Å². The number of rotatable bonds is 5. The summed E-state index contributed by atoms with van der Waals surface area (Å²) in [7, 11) is -4.32. The van der Waals surface area contributed by atoms with Gasteiger partial charge in [0.15, 0.2) is 4.90 Å². The number of alkyl halides is 1. The molecule has 3 aromatic rings. The molecule has 0 aliphatic carbocycles. The fourth-order valence-electron chi connectivity index (χ4n) is 3.66. The van der Waals surface area contributed by atoms with E-state index in [9.17, 15) is 28.6 Å². The molecule has 1 fully saturated rings. The molecule has 11 nitrogen and oxygen atoms in total. The average molecular weight is 478 g/mol. The number of nitro groups is 2. The minimum Gasteiger partial charge on any atom is -0.352 e. The fraction of sp³-hybridized carbons (Fsp3) is 0.211. The van der Waals surface area contributed by atoms with Gasteiger partial charge in [0, 0.05) is 43.0 Å². The number of para-hydroxylation sites is 1. The van der Waals surface area contributed by atoms with Gasteiger partial charge in [0.05, 0.1) is 21.4 Å². The van der Waals surface area contributed by atoms with Gasteiger partial charge in [-0.2, -0.15) is 4.31 Å². The van der Waals surface area contributed by atoms with E-state index in [1.165, 1.54) is 0 Å². The van der Waals surface area contributed by atoms with Crippen molar-refractivity contribution in [2.45, 2.75) is 10.4 Å². The Balaban J connectivity index is 1.65. The molecule has 0 saturated carbocycles. The lowest BCUT2D eigenvalue weighted by molar-refractivity contribution is -0.396. The summed E-state index contributed by atoms with van der Waals surface area (Å²) in [6.45, 7) is 0.132. The number of aromatic nitrogens is 1. The van der Waals surface area contributed by atoms with Crippen LogP contribution in [0.15, 0.2) is 59.6 Å². The number of fused-ring (bicyclic) bond motifs is 1. The summed E-state index contributed by atoms with van der Waals surface area (Å²) in [5.74, 6) is 0. The number of halogens is 1. The fourth-order valence-corrected chi connectivity index (χ4v) is 5.68.